The summed E-state index contributed by atoms with van der Waals surface area (Å²) in [6, 6.07) is 65.4. The van der Waals surface area contributed by atoms with Crippen molar-refractivity contribution in [1.29, 1.82) is 0 Å². The Morgan fingerprint density at radius 2 is 0.837 bits per heavy atom. The summed E-state index contributed by atoms with van der Waals surface area (Å²) in [7, 11) is 0. The topological polar surface area (TPSA) is 11.4 Å². The Kier molecular flexibility index (Phi) is 8.01. The number of hydrogen-bond donors (Lipinski definition) is 0. The Morgan fingerprint density at radius 3 is 1.35 bits per heavy atom. The van der Waals surface area contributed by atoms with E-state index in [-0.39, 0.29) is 0 Å². The Labute approximate surface area is 288 Å². The van der Waals surface area contributed by atoms with Crippen LogP contribution in [0.1, 0.15) is 11.1 Å². The summed E-state index contributed by atoms with van der Waals surface area (Å²) in [4.78, 5) is 4.71. The summed E-state index contributed by atoms with van der Waals surface area (Å²) >= 11 is 0. The van der Waals surface area contributed by atoms with Crippen molar-refractivity contribution in [3.8, 4) is 16.8 Å². The molecule has 0 aliphatic heterocycles. The van der Waals surface area contributed by atoms with Crippen molar-refractivity contribution in [3.05, 3.63) is 199 Å². The van der Waals surface area contributed by atoms with Gasteiger partial charge in [0.2, 0.25) is 0 Å². The quantitative estimate of drug-likeness (QED) is 0.165. The number of benzene rings is 7. The summed E-state index contributed by atoms with van der Waals surface area (Å²) in [6.45, 7) is 4.27. The van der Waals surface area contributed by atoms with Gasteiger partial charge in [0, 0.05) is 51.4 Å². The smallest absolute Gasteiger partial charge is 0.0528 e. The molecule has 0 amide bonds. The molecule has 0 spiro atoms. The van der Waals surface area contributed by atoms with E-state index in [1.165, 1.54) is 22.0 Å². The van der Waals surface area contributed by atoms with Crippen LogP contribution in [0, 0.1) is 13.8 Å². The maximum Gasteiger partial charge on any atom is 0.0528 e. The van der Waals surface area contributed by atoms with Gasteiger partial charge in [-0.3, -0.25) is 0 Å². The molecule has 0 fully saturated rings. The zero-order valence-electron chi connectivity index (χ0n) is 27.7. The molecule has 0 saturated carbocycles. The number of hydrogen-bond acceptors (Lipinski definition) is 2. The average molecular weight is 632 g/mol. The van der Waals surface area contributed by atoms with Crippen molar-refractivity contribution in [3.63, 3.8) is 0 Å². The molecule has 7 aromatic carbocycles. The van der Waals surface area contributed by atoms with E-state index >= 15 is 0 Å². The maximum absolute atomic E-state index is 2.36. The number of aryl methyl sites for hydroxylation is 2. The van der Waals surface area contributed by atoms with Gasteiger partial charge in [-0.25, -0.2) is 0 Å². The van der Waals surface area contributed by atoms with E-state index in [1.807, 2.05) is 0 Å². The van der Waals surface area contributed by atoms with Gasteiger partial charge in [0.1, 0.15) is 0 Å². The number of anilines is 6. The van der Waals surface area contributed by atoms with Gasteiger partial charge >= 0.3 is 0 Å². The molecule has 0 bridgehead atoms. The van der Waals surface area contributed by atoms with Crippen LogP contribution in [0.3, 0.4) is 0 Å². The lowest BCUT2D eigenvalue weighted by molar-refractivity contribution is 1.13. The molecule has 0 saturated heterocycles. The van der Waals surface area contributed by atoms with Crippen LogP contribution < -0.4 is 9.80 Å². The van der Waals surface area contributed by atoms with Crippen LogP contribution in [0.15, 0.2) is 188 Å². The summed E-state index contributed by atoms with van der Waals surface area (Å²) in [5.74, 6) is 0. The second-order valence-electron chi connectivity index (χ2n) is 12.5. The molecule has 236 valence electrons. The lowest BCUT2D eigenvalue weighted by atomic mass is 10.0. The van der Waals surface area contributed by atoms with E-state index in [2.05, 4.69) is 216 Å². The molecule has 1 aromatic heterocycles. The van der Waals surface area contributed by atoms with Crippen molar-refractivity contribution < 1.29 is 0 Å². The molecular formula is C46H37N3. The molecular weight excluding hydrogens is 595 g/mol. The van der Waals surface area contributed by atoms with E-state index in [0.29, 0.717) is 0 Å². The third-order valence-electron chi connectivity index (χ3n) is 9.09. The minimum Gasteiger partial charge on any atom is -0.317 e. The zero-order chi connectivity index (χ0) is 33.2. The number of aromatic nitrogens is 1. The highest BCUT2D eigenvalue weighted by Crippen LogP contribution is 2.43. The number of rotatable bonds is 8. The fourth-order valence-electron chi connectivity index (χ4n) is 6.59. The van der Waals surface area contributed by atoms with E-state index in [1.54, 1.807) is 0 Å². The Hall–Kier alpha value is -6.32. The third-order valence-corrected chi connectivity index (χ3v) is 9.09. The summed E-state index contributed by atoms with van der Waals surface area (Å²) < 4.78 is 2.25. The molecule has 0 atom stereocenters. The lowest BCUT2D eigenvalue weighted by Gasteiger charge is -2.30. The highest BCUT2D eigenvalue weighted by Gasteiger charge is 2.19. The third kappa shape index (κ3) is 6.10. The van der Waals surface area contributed by atoms with Gasteiger partial charge in [-0.1, -0.05) is 96.1 Å². The molecule has 0 radical (unpaired) electrons. The van der Waals surface area contributed by atoms with E-state index < -0.39 is 0 Å². The van der Waals surface area contributed by atoms with E-state index in [9.17, 15) is 0 Å². The van der Waals surface area contributed by atoms with Crippen LogP contribution in [-0.2, 0) is 0 Å². The van der Waals surface area contributed by atoms with Gasteiger partial charge in [-0.05, 0) is 122 Å². The SMILES string of the molecule is Cc1ccc(N(c2ccccc2)c2cc(-c3ccc4c(ccn4-c4ccccc4)c3)cc(N(c3ccccc3)c3ccc(C)cc3)c2)cc1. The van der Waals surface area contributed by atoms with E-state index in [4.69, 9.17) is 0 Å². The van der Waals surface area contributed by atoms with Crippen molar-refractivity contribution in [1.82, 2.24) is 4.57 Å². The van der Waals surface area contributed by atoms with Crippen molar-refractivity contribution in [2.75, 3.05) is 9.80 Å². The Morgan fingerprint density at radius 1 is 0.367 bits per heavy atom. The van der Waals surface area contributed by atoms with E-state index in [0.717, 1.165) is 50.9 Å². The van der Waals surface area contributed by atoms with Gasteiger partial charge in [-0.2, -0.15) is 0 Å². The molecule has 0 unspecified atom stereocenters. The van der Waals surface area contributed by atoms with Crippen LogP contribution in [0.2, 0.25) is 0 Å². The fraction of sp³-hybridized carbons (Fsp3) is 0.0435. The Balaban J connectivity index is 1.36. The fourth-order valence-corrected chi connectivity index (χ4v) is 6.59. The van der Waals surface area contributed by atoms with Crippen molar-refractivity contribution in [2.45, 2.75) is 13.8 Å². The predicted molar refractivity (Wildman–Crippen MR) is 208 cm³/mol. The molecule has 49 heavy (non-hydrogen) atoms. The average Bonchev–Trinajstić information content (AvgIpc) is 3.58. The van der Waals surface area contributed by atoms with Gasteiger partial charge in [0.25, 0.3) is 0 Å². The number of para-hydroxylation sites is 3. The van der Waals surface area contributed by atoms with Crippen LogP contribution >= 0.6 is 0 Å². The molecule has 3 nitrogen and oxygen atoms in total. The van der Waals surface area contributed by atoms with Gasteiger partial charge in [0.05, 0.1) is 5.52 Å². The molecule has 8 rings (SSSR count). The monoisotopic (exact) mass is 631 g/mol. The first-order valence-corrected chi connectivity index (χ1v) is 16.8. The number of nitrogens with zero attached hydrogens (tertiary/aromatic N) is 3. The second-order valence-corrected chi connectivity index (χ2v) is 12.5. The van der Waals surface area contributed by atoms with Crippen LogP contribution in [0.4, 0.5) is 34.1 Å². The van der Waals surface area contributed by atoms with Crippen LogP contribution in [-0.4, -0.2) is 4.57 Å². The summed E-state index contributed by atoms with van der Waals surface area (Å²) in [6.07, 6.45) is 2.16. The van der Waals surface area contributed by atoms with Crippen molar-refractivity contribution >= 4 is 45.0 Å². The first kappa shape index (κ1) is 30.0. The Bertz CT molecular complexity index is 2220. The molecule has 0 aliphatic rings. The maximum atomic E-state index is 2.36. The largest absolute Gasteiger partial charge is 0.317 e. The van der Waals surface area contributed by atoms with Crippen LogP contribution in [0.25, 0.3) is 27.7 Å². The normalized spacial score (nSPS) is 11.1. The van der Waals surface area contributed by atoms with Gasteiger partial charge < -0.3 is 14.4 Å². The first-order valence-electron chi connectivity index (χ1n) is 16.8. The zero-order valence-corrected chi connectivity index (χ0v) is 27.7. The standard InChI is InChI=1S/C46H37N3/c1-34-18-23-42(24-19-34)48(40-14-8-4-9-15-40)44-31-38(36-22-27-46-37(30-36)28-29-47(46)39-12-6-3-7-13-39)32-45(33-44)49(41-16-10-5-11-17-41)43-25-20-35(2)21-26-43/h3-33H,1-2H3. The second kappa shape index (κ2) is 13.1. The van der Waals surface area contributed by atoms with Gasteiger partial charge in [0.15, 0.2) is 0 Å². The van der Waals surface area contributed by atoms with Crippen LogP contribution in [0.5, 0.6) is 0 Å². The first-order chi connectivity index (χ1) is 24.1. The lowest BCUT2D eigenvalue weighted by Crippen LogP contribution is -2.13. The highest BCUT2D eigenvalue weighted by molar-refractivity contribution is 5.91. The van der Waals surface area contributed by atoms with Crippen molar-refractivity contribution in [2.24, 2.45) is 0 Å². The molecule has 0 aliphatic carbocycles. The predicted octanol–water partition coefficient (Wildman–Crippen LogP) is 12.9. The summed E-state index contributed by atoms with van der Waals surface area (Å²) in [5.41, 5.74) is 13.7. The summed E-state index contributed by atoms with van der Waals surface area (Å²) in [5, 5.41) is 1.20. The minimum absolute atomic E-state index is 1.08. The van der Waals surface area contributed by atoms with Gasteiger partial charge in [-0.15, -0.1) is 0 Å². The highest BCUT2D eigenvalue weighted by atomic mass is 15.2. The molecule has 0 N–H and O–H groups in total. The number of fused-ring (bicyclic) bond motifs is 1. The molecule has 3 heteroatoms. The molecule has 1 heterocycles. The molecule has 8 aromatic rings. The minimum atomic E-state index is 1.08.